The molecule has 1 aliphatic carbocycles. The molecule has 6 heteroatoms. The number of hydrogen-bond donors (Lipinski definition) is 1. The molecule has 0 bridgehead atoms. The molecular weight excluding hydrogens is 426 g/mol. The Balaban J connectivity index is 2.05. The van der Waals surface area contributed by atoms with E-state index >= 15 is 0 Å². The topological polar surface area (TPSA) is 63.2 Å². The minimum absolute atomic E-state index is 0.266. The van der Waals surface area contributed by atoms with Crippen LogP contribution in [-0.4, -0.2) is 19.1 Å². The Morgan fingerprint density at radius 3 is 2.22 bits per heavy atom. The number of amides is 1. The molecule has 1 aliphatic rings. The first-order valence-corrected chi connectivity index (χ1v) is 11.3. The highest BCUT2D eigenvalue weighted by Gasteiger charge is 2.53. The van der Waals surface area contributed by atoms with Gasteiger partial charge in [-0.25, -0.2) is 8.42 Å². The average molecular weight is 450 g/mol. The van der Waals surface area contributed by atoms with Crippen LogP contribution < -0.4 is 5.32 Å². The predicted octanol–water partition coefficient (Wildman–Crippen LogP) is 5.10. The van der Waals surface area contributed by atoms with Crippen molar-refractivity contribution in [2.24, 2.45) is 0 Å². The molecule has 2 aromatic carbocycles. The SMILES string of the molecule is Cc1ccc(NC(=O)C2(S(=O)(=O)c3cc(C)ccc3C)CCCC2)c(Br)c1. The molecule has 0 unspecified atom stereocenters. The van der Waals surface area contributed by atoms with E-state index in [0.29, 0.717) is 24.1 Å². The van der Waals surface area contributed by atoms with Crippen LogP contribution in [0.5, 0.6) is 0 Å². The summed E-state index contributed by atoms with van der Waals surface area (Å²) in [5.41, 5.74) is 3.19. The average Bonchev–Trinajstić information content (AvgIpc) is 3.11. The molecule has 0 aromatic heterocycles. The zero-order valence-corrected chi connectivity index (χ0v) is 18.2. The number of carbonyl (C=O) groups excluding carboxylic acids is 1. The van der Waals surface area contributed by atoms with Crippen molar-refractivity contribution < 1.29 is 13.2 Å². The molecule has 4 nitrogen and oxygen atoms in total. The summed E-state index contributed by atoms with van der Waals surface area (Å²) in [7, 11) is -3.82. The summed E-state index contributed by atoms with van der Waals surface area (Å²) >= 11 is 3.45. The molecule has 0 atom stereocenters. The van der Waals surface area contributed by atoms with Gasteiger partial charge in [0, 0.05) is 4.47 Å². The molecule has 27 heavy (non-hydrogen) atoms. The second kappa shape index (κ2) is 7.40. The molecule has 1 fully saturated rings. The van der Waals surface area contributed by atoms with Crippen molar-refractivity contribution >= 4 is 37.4 Å². The van der Waals surface area contributed by atoms with Crippen LogP contribution in [0.2, 0.25) is 0 Å². The summed E-state index contributed by atoms with van der Waals surface area (Å²) in [5.74, 6) is -0.439. The molecule has 3 rings (SSSR count). The summed E-state index contributed by atoms with van der Waals surface area (Å²) in [6.45, 7) is 5.60. The minimum atomic E-state index is -3.82. The molecule has 1 N–H and O–H groups in total. The minimum Gasteiger partial charge on any atom is -0.324 e. The lowest BCUT2D eigenvalue weighted by atomic mass is 10.1. The highest BCUT2D eigenvalue weighted by molar-refractivity contribution is 9.10. The van der Waals surface area contributed by atoms with Gasteiger partial charge in [0.2, 0.25) is 5.91 Å². The van der Waals surface area contributed by atoms with E-state index in [-0.39, 0.29) is 4.90 Å². The lowest BCUT2D eigenvalue weighted by Gasteiger charge is -2.28. The van der Waals surface area contributed by atoms with Gasteiger partial charge >= 0.3 is 0 Å². The van der Waals surface area contributed by atoms with Gasteiger partial charge < -0.3 is 5.32 Å². The van der Waals surface area contributed by atoms with E-state index < -0.39 is 20.5 Å². The second-order valence-corrected chi connectivity index (χ2v) is 10.5. The predicted molar refractivity (Wildman–Crippen MR) is 112 cm³/mol. The second-order valence-electron chi connectivity index (χ2n) is 7.41. The number of anilines is 1. The van der Waals surface area contributed by atoms with Crippen molar-refractivity contribution in [2.45, 2.75) is 56.1 Å². The lowest BCUT2D eigenvalue weighted by Crippen LogP contribution is -2.47. The molecular formula is C21H24BrNO3S. The largest absolute Gasteiger partial charge is 0.324 e. The highest BCUT2D eigenvalue weighted by atomic mass is 79.9. The number of carbonyl (C=O) groups is 1. The Hall–Kier alpha value is -1.66. The van der Waals surface area contributed by atoms with E-state index in [9.17, 15) is 13.2 Å². The van der Waals surface area contributed by atoms with Crippen molar-refractivity contribution in [1.82, 2.24) is 0 Å². The quantitative estimate of drug-likeness (QED) is 0.705. The van der Waals surface area contributed by atoms with Crippen LogP contribution in [0.25, 0.3) is 0 Å². The molecule has 144 valence electrons. The summed E-state index contributed by atoms with van der Waals surface area (Å²) in [6.07, 6.45) is 2.15. The number of aryl methyl sites for hydroxylation is 3. The van der Waals surface area contributed by atoms with Crippen LogP contribution in [0.4, 0.5) is 5.69 Å². The maximum absolute atomic E-state index is 13.6. The van der Waals surface area contributed by atoms with Crippen molar-refractivity contribution in [3.05, 3.63) is 57.6 Å². The van der Waals surface area contributed by atoms with Gasteiger partial charge in [-0.1, -0.05) is 31.0 Å². The number of rotatable bonds is 4. The summed E-state index contributed by atoms with van der Waals surface area (Å²) in [6, 6.07) is 11.0. The van der Waals surface area contributed by atoms with E-state index in [1.54, 1.807) is 25.1 Å². The molecule has 1 amide bonds. The zero-order chi connectivity index (χ0) is 19.8. The van der Waals surface area contributed by atoms with Gasteiger partial charge in [0.25, 0.3) is 0 Å². The highest BCUT2D eigenvalue weighted by Crippen LogP contribution is 2.42. The summed E-state index contributed by atoms with van der Waals surface area (Å²) < 4.78 is 26.6. The summed E-state index contributed by atoms with van der Waals surface area (Å²) in [4.78, 5) is 13.5. The van der Waals surface area contributed by atoms with Gasteiger partial charge in [-0.05, 0) is 84.4 Å². The first-order chi connectivity index (χ1) is 12.7. The molecule has 1 saturated carbocycles. The van der Waals surface area contributed by atoms with Crippen LogP contribution in [-0.2, 0) is 14.6 Å². The number of benzene rings is 2. The molecule has 2 aromatic rings. The lowest BCUT2D eigenvalue weighted by molar-refractivity contribution is -0.118. The Morgan fingerprint density at radius 2 is 1.59 bits per heavy atom. The first kappa shape index (κ1) is 20.1. The summed E-state index contributed by atoms with van der Waals surface area (Å²) in [5, 5.41) is 2.87. The third-order valence-corrected chi connectivity index (χ3v) is 8.64. The van der Waals surface area contributed by atoms with E-state index in [2.05, 4.69) is 21.2 Å². The van der Waals surface area contributed by atoms with E-state index in [0.717, 1.165) is 28.4 Å². The van der Waals surface area contributed by atoms with Gasteiger partial charge in [0.15, 0.2) is 14.6 Å². The van der Waals surface area contributed by atoms with Crippen LogP contribution in [0.15, 0.2) is 45.8 Å². The molecule has 0 aliphatic heterocycles. The fraction of sp³-hybridized carbons (Fsp3) is 0.381. The monoisotopic (exact) mass is 449 g/mol. The third kappa shape index (κ3) is 3.57. The number of hydrogen-bond acceptors (Lipinski definition) is 3. The molecule has 0 radical (unpaired) electrons. The van der Waals surface area contributed by atoms with Crippen molar-refractivity contribution in [3.8, 4) is 0 Å². The maximum Gasteiger partial charge on any atom is 0.246 e. The Morgan fingerprint density at radius 1 is 1.00 bits per heavy atom. The van der Waals surface area contributed by atoms with E-state index in [4.69, 9.17) is 0 Å². The maximum atomic E-state index is 13.6. The van der Waals surface area contributed by atoms with Crippen molar-refractivity contribution in [3.63, 3.8) is 0 Å². The fourth-order valence-corrected chi connectivity index (χ4v) is 6.70. The van der Waals surface area contributed by atoms with Gasteiger partial charge in [0.1, 0.15) is 0 Å². The fourth-order valence-electron chi connectivity index (χ4n) is 3.73. The standard InChI is InChI=1S/C21H24BrNO3S/c1-14-7-9-18(17(22)12-14)23-20(24)21(10-4-5-11-21)27(25,26)19-13-15(2)6-8-16(19)3/h6-9,12-13H,4-5,10-11H2,1-3H3,(H,23,24). The van der Waals surface area contributed by atoms with Gasteiger partial charge in [-0.3, -0.25) is 4.79 Å². The molecule has 0 saturated heterocycles. The van der Waals surface area contributed by atoms with E-state index in [1.807, 2.05) is 32.0 Å². The Labute approximate surface area is 169 Å². The van der Waals surface area contributed by atoms with Gasteiger partial charge in [0.05, 0.1) is 10.6 Å². The van der Waals surface area contributed by atoms with E-state index in [1.165, 1.54) is 0 Å². The zero-order valence-electron chi connectivity index (χ0n) is 15.8. The Kier molecular flexibility index (Phi) is 5.50. The molecule has 0 heterocycles. The molecule has 0 spiro atoms. The van der Waals surface area contributed by atoms with Crippen LogP contribution >= 0.6 is 15.9 Å². The number of halogens is 1. The third-order valence-electron chi connectivity index (χ3n) is 5.35. The van der Waals surface area contributed by atoms with Crippen LogP contribution in [0.1, 0.15) is 42.4 Å². The first-order valence-electron chi connectivity index (χ1n) is 9.07. The van der Waals surface area contributed by atoms with Crippen molar-refractivity contribution in [2.75, 3.05) is 5.32 Å². The van der Waals surface area contributed by atoms with Crippen LogP contribution in [0.3, 0.4) is 0 Å². The number of sulfone groups is 1. The smallest absolute Gasteiger partial charge is 0.246 e. The van der Waals surface area contributed by atoms with Gasteiger partial charge in [-0.2, -0.15) is 0 Å². The van der Waals surface area contributed by atoms with Gasteiger partial charge in [-0.15, -0.1) is 0 Å². The van der Waals surface area contributed by atoms with Crippen LogP contribution in [0, 0.1) is 20.8 Å². The normalized spacial score (nSPS) is 16.3. The van der Waals surface area contributed by atoms with Crippen molar-refractivity contribution in [1.29, 1.82) is 0 Å². The number of nitrogens with one attached hydrogen (secondary N) is 1. The Bertz CT molecular complexity index is 992.